The number of halogens is 2. The summed E-state index contributed by atoms with van der Waals surface area (Å²) in [6.07, 6.45) is 5.83. The summed E-state index contributed by atoms with van der Waals surface area (Å²) in [6.45, 7) is 5.96. The van der Waals surface area contributed by atoms with Crippen molar-refractivity contribution in [3.05, 3.63) is 129 Å². The Morgan fingerprint density at radius 2 is 1.46 bits per heavy atom. The smallest absolute Gasteiger partial charge is 0.416 e. The van der Waals surface area contributed by atoms with Crippen LogP contribution in [0.4, 0.5) is 25.2 Å². The third-order valence-corrected chi connectivity index (χ3v) is 14.6. The fourth-order valence-corrected chi connectivity index (χ4v) is 10.9. The van der Waals surface area contributed by atoms with E-state index in [1.165, 1.54) is 52.0 Å². The van der Waals surface area contributed by atoms with Gasteiger partial charge in [0.05, 0.1) is 30.9 Å². The predicted molar refractivity (Wildman–Crippen MR) is 251 cm³/mol. The van der Waals surface area contributed by atoms with E-state index in [0.717, 1.165) is 33.9 Å². The van der Waals surface area contributed by atoms with Crippen LogP contribution in [0, 0.1) is 17.6 Å². The molecule has 2 fully saturated rings. The number of carbonyl (C=O) groups is 1. The summed E-state index contributed by atoms with van der Waals surface area (Å²) in [6, 6.07) is 20.4. The number of thiophene rings is 2. The number of rotatable bonds is 14. The number of hydrogen-bond donors (Lipinski definition) is 4. The van der Waals surface area contributed by atoms with Crippen molar-refractivity contribution >= 4 is 40.4 Å². The van der Waals surface area contributed by atoms with Gasteiger partial charge in [0, 0.05) is 42.9 Å². The number of amides is 1. The fraction of sp³-hybridized carbons (Fsp3) is 0.326. The molecule has 0 radical (unpaired) electrons. The van der Waals surface area contributed by atoms with E-state index < -0.39 is 39.7 Å². The largest absolute Gasteiger partial charge is 0.443 e. The SMILES string of the molecule is CC(C)(C)OC(=O)N(CC1(c2ncccc2F)CC(Cn2c(-c3ccc(-c4ccc(NCC5(c6ncccc6F)CCC5)nn4)s3)n[nH]c2=O)C1)c1ccc(-c2ccc(-c3n[nH]c(=O)[nH]3)s2)nn1. The first-order chi connectivity index (χ1) is 32.7. The number of H-pyrrole nitrogens is 3. The van der Waals surface area contributed by atoms with Crippen molar-refractivity contribution in [3.8, 4) is 42.5 Å². The Morgan fingerprint density at radius 3 is 2.04 bits per heavy atom. The molecule has 0 spiro atoms. The van der Waals surface area contributed by atoms with Gasteiger partial charge in [0.1, 0.15) is 34.4 Å². The van der Waals surface area contributed by atoms with Crippen LogP contribution in [-0.2, 0) is 22.1 Å². The summed E-state index contributed by atoms with van der Waals surface area (Å²) in [5.74, 6) is 0.612. The highest BCUT2D eigenvalue weighted by atomic mass is 32.1. The molecule has 2 aliphatic rings. The maximum Gasteiger partial charge on any atom is 0.416 e. The first-order valence-electron chi connectivity index (χ1n) is 21.9. The maximum absolute atomic E-state index is 15.8. The molecule has 8 aromatic heterocycles. The zero-order chi connectivity index (χ0) is 47.2. The normalized spacial score (nSPS) is 17.6. The summed E-state index contributed by atoms with van der Waals surface area (Å²) >= 11 is 2.76. The number of nitrogens with one attached hydrogen (secondary N) is 4. The molecule has 348 valence electrons. The standard InChI is InChI=1S/C46H44F2N14O4S2/c1-44(2,3)66-43(65)62(36-16-10-30(54-56-36)31-11-13-33(67-31)39-52-41(63)59-57-39)25-46(38-28(48)8-5-20-50-38)21-26(22-46)23-61-40(58-60-42(61)64)34-14-12-32(68-34)29-9-15-35(55-53-29)51-24-45(17-6-18-45)37-27(47)7-4-19-49-37/h4-5,7-16,19-20,26H,6,17-18,21-25H2,1-3H3,(H,51,55)(H,60,64)(H2,52,57,59,63). The first kappa shape index (κ1) is 44.5. The summed E-state index contributed by atoms with van der Waals surface area (Å²) in [5, 5.41) is 34.5. The Kier molecular flexibility index (Phi) is 11.6. The van der Waals surface area contributed by atoms with E-state index in [1.807, 2.05) is 30.3 Å². The fourth-order valence-electron chi connectivity index (χ4n) is 9.02. The zero-order valence-electron chi connectivity index (χ0n) is 37.0. The quantitative estimate of drug-likeness (QED) is 0.0818. The van der Waals surface area contributed by atoms with Crippen molar-refractivity contribution in [2.45, 2.75) is 75.9 Å². The van der Waals surface area contributed by atoms with Crippen LogP contribution in [0.1, 0.15) is 64.3 Å². The van der Waals surface area contributed by atoms with Crippen LogP contribution >= 0.6 is 22.7 Å². The predicted octanol–water partition coefficient (Wildman–Crippen LogP) is 7.75. The molecule has 0 unspecified atom stereocenters. The molecule has 2 aliphatic carbocycles. The maximum atomic E-state index is 15.8. The van der Waals surface area contributed by atoms with Crippen molar-refractivity contribution < 1.29 is 18.3 Å². The number of pyridine rings is 2. The second-order valence-electron chi connectivity index (χ2n) is 18.2. The molecule has 10 rings (SSSR count). The lowest BCUT2D eigenvalue weighted by molar-refractivity contribution is 0.0529. The van der Waals surface area contributed by atoms with Gasteiger partial charge in [0.15, 0.2) is 17.5 Å². The topological polar surface area (TPSA) is 231 Å². The monoisotopic (exact) mass is 958 g/mol. The lowest BCUT2D eigenvalue weighted by atomic mass is 9.59. The summed E-state index contributed by atoms with van der Waals surface area (Å²) in [7, 11) is 0. The average molecular weight is 959 g/mol. The van der Waals surface area contributed by atoms with Gasteiger partial charge in [-0.25, -0.2) is 33.4 Å². The lowest BCUT2D eigenvalue weighted by Crippen LogP contribution is -2.54. The first-order valence-corrected chi connectivity index (χ1v) is 23.5. The van der Waals surface area contributed by atoms with E-state index in [1.54, 1.807) is 55.8 Å². The van der Waals surface area contributed by atoms with Gasteiger partial charge in [-0.05, 0) is 125 Å². The highest BCUT2D eigenvalue weighted by Gasteiger charge is 2.51. The van der Waals surface area contributed by atoms with Crippen LogP contribution < -0.4 is 21.6 Å². The van der Waals surface area contributed by atoms with E-state index in [0.29, 0.717) is 58.8 Å². The van der Waals surface area contributed by atoms with Crippen molar-refractivity contribution in [2.24, 2.45) is 5.92 Å². The van der Waals surface area contributed by atoms with Gasteiger partial charge < -0.3 is 10.1 Å². The Hall–Kier alpha value is -7.33. The average Bonchev–Trinajstić information content (AvgIpc) is 4.13. The number of aromatic nitrogens is 12. The molecule has 2 saturated carbocycles. The molecule has 18 nitrogen and oxygen atoms in total. The van der Waals surface area contributed by atoms with E-state index in [9.17, 15) is 18.8 Å². The third-order valence-electron chi connectivity index (χ3n) is 12.3. The highest BCUT2D eigenvalue weighted by molar-refractivity contribution is 7.19. The van der Waals surface area contributed by atoms with Crippen molar-refractivity contribution in [1.29, 1.82) is 0 Å². The zero-order valence-corrected chi connectivity index (χ0v) is 38.6. The van der Waals surface area contributed by atoms with Crippen molar-refractivity contribution in [1.82, 2.24) is 60.3 Å². The molecule has 68 heavy (non-hydrogen) atoms. The molecule has 0 aromatic carbocycles. The minimum atomic E-state index is -0.993. The lowest BCUT2D eigenvalue weighted by Gasteiger charge is -2.49. The molecule has 8 aromatic rings. The second kappa shape index (κ2) is 17.7. The molecule has 0 aliphatic heterocycles. The highest BCUT2D eigenvalue weighted by Crippen LogP contribution is 2.50. The van der Waals surface area contributed by atoms with E-state index >= 15 is 4.39 Å². The van der Waals surface area contributed by atoms with E-state index in [4.69, 9.17) is 4.74 Å². The molecule has 0 bridgehead atoms. The van der Waals surface area contributed by atoms with Gasteiger partial charge in [0.25, 0.3) is 0 Å². The van der Waals surface area contributed by atoms with Gasteiger partial charge in [-0.1, -0.05) is 6.42 Å². The number of carbonyl (C=O) groups excluding carboxylic acids is 1. The summed E-state index contributed by atoms with van der Waals surface area (Å²) < 4.78 is 38.0. The van der Waals surface area contributed by atoms with Gasteiger partial charge in [-0.15, -0.1) is 43.1 Å². The Labute approximate surface area is 394 Å². The van der Waals surface area contributed by atoms with Crippen LogP contribution in [0.5, 0.6) is 0 Å². The molecule has 22 heteroatoms. The Bertz CT molecular complexity index is 3220. The number of anilines is 2. The minimum absolute atomic E-state index is 0.0452. The molecule has 8 heterocycles. The van der Waals surface area contributed by atoms with Crippen molar-refractivity contribution in [3.63, 3.8) is 0 Å². The Balaban J connectivity index is 0.860. The van der Waals surface area contributed by atoms with Crippen LogP contribution in [-0.4, -0.2) is 85.1 Å². The van der Waals surface area contributed by atoms with Crippen LogP contribution in [0.2, 0.25) is 0 Å². The second-order valence-corrected chi connectivity index (χ2v) is 20.3. The summed E-state index contributed by atoms with van der Waals surface area (Å²) in [5.41, 5.74) is -1.26. The third kappa shape index (κ3) is 8.83. The van der Waals surface area contributed by atoms with Crippen molar-refractivity contribution in [2.75, 3.05) is 23.3 Å². The van der Waals surface area contributed by atoms with Gasteiger partial charge in [-0.3, -0.25) is 24.4 Å². The van der Waals surface area contributed by atoms with Crippen LogP contribution in [0.15, 0.2) is 94.8 Å². The number of ether oxygens (including phenoxy) is 1. The molecule has 1 amide bonds. The van der Waals surface area contributed by atoms with Crippen LogP contribution in [0.3, 0.4) is 0 Å². The van der Waals surface area contributed by atoms with Gasteiger partial charge in [-0.2, -0.15) is 10.2 Å². The number of nitrogens with zero attached hydrogens (tertiary/aromatic N) is 10. The Morgan fingerprint density at radius 1 is 0.809 bits per heavy atom. The molecular formula is C46H44F2N14O4S2. The van der Waals surface area contributed by atoms with Gasteiger partial charge >= 0.3 is 17.5 Å². The van der Waals surface area contributed by atoms with E-state index in [2.05, 4.69) is 61.1 Å². The molecule has 0 saturated heterocycles. The molecule has 4 N–H and O–H groups in total. The summed E-state index contributed by atoms with van der Waals surface area (Å²) in [4.78, 5) is 54.9. The minimum Gasteiger partial charge on any atom is -0.443 e. The van der Waals surface area contributed by atoms with Crippen LogP contribution in [0.25, 0.3) is 42.5 Å². The molecule has 0 atom stereocenters. The number of hydrogen-bond acceptors (Lipinski definition) is 15. The molecular weight excluding hydrogens is 915 g/mol. The van der Waals surface area contributed by atoms with Gasteiger partial charge in [0.2, 0.25) is 0 Å². The van der Waals surface area contributed by atoms with E-state index in [-0.39, 0.29) is 36.3 Å². The number of aromatic amines is 3.